The SMILES string of the molecule is CN=C(NCC(C)(C)NC(=O)OC(C)(C)C)NCC1(OC)CCOCC1.I. The van der Waals surface area contributed by atoms with E-state index in [0.29, 0.717) is 32.3 Å². The first-order valence-electron chi connectivity index (χ1n) is 9.09. The Morgan fingerprint density at radius 2 is 1.74 bits per heavy atom. The van der Waals surface area contributed by atoms with Crippen LogP contribution in [-0.4, -0.2) is 69.3 Å². The molecule has 0 spiro atoms. The molecule has 0 aliphatic carbocycles. The fraction of sp³-hybridized carbons (Fsp3) is 0.889. The van der Waals surface area contributed by atoms with E-state index >= 15 is 0 Å². The van der Waals surface area contributed by atoms with Crippen LogP contribution in [0.3, 0.4) is 0 Å². The number of rotatable bonds is 6. The number of aliphatic imine (C=N–C) groups is 1. The average Bonchev–Trinajstić information content (AvgIpc) is 2.53. The standard InChI is InChI=1S/C18H36N4O4.HI/c1-16(2,3)26-15(23)22-17(4,5)12-20-14(19-6)21-13-18(24-7)8-10-25-11-9-18;/h8-13H2,1-7H3,(H,22,23)(H2,19,20,21);1H. The lowest BCUT2D eigenvalue weighted by Crippen LogP contribution is -2.56. The van der Waals surface area contributed by atoms with Crippen molar-refractivity contribution in [1.29, 1.82) is 0 Å². The van der Waals surface area contributed by atoms with E-state index in [4.69, 9.17) is 14.2 Å². The molecule has 0 radical (unpaired) electrons. The number of alkyl carbamates (subject to hydrolysis) is 1. The first-order chi connectivity index (χ1) is 12.0. The minimum absolute atomic E-state index is 0. The van der Waals surface area contributed by atoms with E-state index in [1.807, 2.05) is 34.6 Å². The van der Waals surface area contributed by atoms with Gasteiger partial charge in [0.25, 0.3) is 0 Å². The number of carbonyl (C=O) groups excluding carboxylic acids is 1. The lowest BCUT2D eigenvalue weighted by atomic mass is 9.94. The maximum atomic E-state index is 12.0. The Kier molecular flexibility index (Phi) is 10.9. The number of halogens is 1. The number of hydrogen-bond donors (Lipinski definition) is 3. The first kappa shape index (κ1) is 26.2. The summed E-state index contributed by atoms with van der Waals surface area (Å²) < 4.78 is 16.4. The molecule has 0 unspecified atom stereocenters. The molecular weight excluding hydrogens is 463 g/mol. The molecule has 1 rings (SSSR count). The Morgan fingerprint density at radius 3 is 2.22 bits per heavy atom. The van der Waals surface area contributed by atoms with E-state index in [-0.39, 0.29) is 29.6 Å². The van der Waals surface area contributed by atoms with Crippen molar-refractivity contribution < 1.29 is 19.0 Å². The van der Waals surface area contributed by atoms with E-state index in [2.05, 4.69) is 20.9 Å². The zero-order chi connectivity index (χ0) is 19.8. The van der Waals surface area contributed by atoms with Crippen molar-refractivity contribution in [3.8, 4) is 0 Å². The summed E-state index contributed by atoms with van der Waals surface area (Å²) >= 11 is 0. The third-order valence-electron chi connectivity index (χ3n) is 4.18. The van der Waals surface area contributed by atoms with Crippen LogP contribution in [0, 0.1) is 0 Å². The highest BCUT2D eigenvalue weighted by atomic mass is 127. The van der Waals surface area contributed by atoms with Gasteiger partial charge < -0.3 is 30.2 Å². The normalized spacial score (nSPS) is 17.5. The minimum atomic E-state index is -0.524. The molecule has 0 bridgehead atoms. The van der Waals surface area contributed by atoms with Crippen molar-refractivity contribution in [2.24, 2.45) is 4.99 Å². The van der Waals surface area contributed by atoms with Crippen LogP contribution in [0.25, 0.3) is 0 Å². The number of carbonyl (C=O) groups is 1. The van der Waals surface area contributed by atoms with Gasteiger partial charge in [-0.1, -0.05) is 0 Å². The summed E-state index contributed by atoms with van der Waals surface area (Å²) in [5.41, 5.74) is -1.26. The summed E-state index contributed by atoms with van der Waals surface area (Å²) in [6.45, 7) is 11.9. The summed E-state index contributed by atoms with van der Waals surface area (Å²) in [6, 6.07) is 0. The van der Waals surface area contributed by atoms with Gasteiger partial charge in [-0.2, -0.15) is 0 Å². The van der Waals surface area contributed by atoms with E-state index in [1.54, 1.807) is 14.2 Å². The summed E-state index contributed by atoms with van der Waals surface area (Å²) in [5.74, 6) is 0.659. The molecule has 0 saturated carbocycles. The number of nitrogens with one attached hydrogen (secondary N) is 3. The van der Waals surface area contributed by atoms with Gasteiger partial charge in [0.15, 0.2) is 5.96 Å². The lowest BCUT2D eigenvalue weighted by molar-refractivity contribution is -0.0855. The largest absolute Gasteiger partial charge is 0.444 e. The maximum absolute atomic E-state index is 12.0. The van der Waals surface area contributed by atoms with E-state index in [0.717, 1.165) is 12.8 Å². The van der Waals surface area contributed by atoms with Gasteiger partial charge in [0.2, 0.25) is 0 Å². The predicted molar refractivity (Wildman–Crippen MR) is 118 cm³/mol. The first-order valence-corrected chi connectivity index (χ1v) is 9.09. The highest BCUT2D eigenvalue weighted by Gasteiger charge is 2.32. The third kappa shape index (κ3) is 10.3. The molecule has 1 aliphatic rings. The monoisotopic (exact) mass is 500 g/mol. The zero-order valence-electron chi connectivity index (χ0n) is 17.7. The van der Waals surface area contributed by atoms with Gasteiger partial charge in [-0.15, -0.1) is 24.0 Å². The Labute approximate surface area is 180 Å². The fourth-order valence-electron chi connectivity index (χ4n) is 2.59. The number of amides is 1. The van der Waals surface area contributed by atoms with Crippen molar-refractivity contribution in [2.75, 3.05) is 40.5 Å². The van der Waals surface area contributed by atoms with Crippen LogP contribution in [0.2, 0.25) is 0 Å². The van der Waals surface area contributed by atoms with Crippen LogP contribution in [0.15, 0.2) is 4.99 Å². The average molecular weight is 500 g/mol. The van der Waals surface area contributed by atoms with Crippen LogP contribution < -0.4 is 16.0 Å². The summed E-state index contributed by atoms with van der Waals surface area (Å²) in [7, 11) is 3.45. The van der Waals surface area contributed by atoms with Crippen LogP contribution >= 0.6 is 24.0 Å². The third-order valence-corrected chi connectivity index (χ3v) is 4.18. The number of methoxy groups -OCH3 is 1. The zero-order valence-corrected chi connectivity index (χ0v) is 20.1. The molecule has 3 N–H and O–H groups in total. The highest BCUT2D eigenvalue weighted by Crippen LogP contribution is 2.23. The predicted octanol–water partition coefficient (Wildman–Crippen LogP) is 2.27. The minimum Gasteiger partial charge on any atom is -0.444 e. The van der Waals surface area contributed by atoms with E-state index in [9.17, 15) is 4.79 Å². The van der Waals surface area contributed by atoms with Crippen molar-refractivity contribution in [3.63, 3.8) is 0 Å². The van der Waals surface area contributed by atoms with Gasteiger partial charge >= 0.3 is 6.09 Å². The topological polar surface area (TPSA) is 93.2 Å². The quantitative estimate of drug-likeness (QED) is 0.295. The molecular formula is C18H37IN4O4. The smallest absolute Gasteiger partial charge is 0.408 e. The molecule has 1 aliphatic heterocycles. The van der Waals surface area contributed by atoms with Crippen LogP contribution in [0.4, 0.5) is 4.79 Å². The Hall–Kier alpha value is -0.810. The molecule has 27 heavy (non-hydrogen) atoms. The Balaban J connectivity index is 0.00000676. The molecule has 0 aromatic heterocycles. The molecule has 0 aromatic rings. The Morgan fingerprint density at radius 1 is 1.15 bits per heavy atom. The van der Waals surface area contributed by atoms with E-state index < -0.39 is 17.2 Å². The fourth-order valence-corrected chi connectivity index (χ4v) is 2.59. The molecule has 1 amide bonds. The molecule has 0 atom stereocenters. The second-order valence-electron chi connectivity index (χ2n) is 8.29. The molecule has 8 nitrogen and oxygen atoms in total. The number of hydrogen-bond acceptors (Lipinski definition) is 5. The van der Waals surface area contributed by atoms with Gasteiger partial charge in [-0.3, -0.25) is 4.99 Å². The van der Waals surface area contributed by atoms with Crippen LogP contribution in [-0.2, 0) is 14.2 Å². The van der Waals surface area contributed by atoms with Crippen molar-refractivity contribution >= 4 is 36.0 Å². The van der Waals surface area contributed by atoms with Gasteiger partial charge in [0, 0.05) is 53.3 Å². The molecule has 1 saturated heterocycles. The van der Waals surface area contributed by atoms with Crippen molar-refractivity contribution in [1.82, 2.24) is 16.0 Å². The van der Waals surface area contributed by atoms with Gasteiger partial charge in [0.05, 0.1) is 11.1 Å². The lowest BCUT2D eigenvalue weighted by Gasteiger charge is -2.36. The number of nitrogens with zero attached hydrogens (tertiary/aromatic N) is 1. The Bertz CT molecular complexity index is 486. The van der Waals surface area contributed by atoms with Crippen molar-refractivity contribution in [2.45, 2.75) is 64.2 Å². The van der Waals surface area contributed by atoms with Gasteiger partial charge in [-0.05, 0) is 34.6 Å². The van der Waals surface area contributed by atoms with Crippen LogP contribution in [0.5, 0.6) is 0 Å². The second kappa shape index (κ2) is 11.3. The van der Waals surface area contributed by atoms with Gasteiger partial charge in [-0.25, -0.2) is 4.79 Å². The number of guanidine groups is 1. The summed E-state index contributed by atoms with van der Waals surface area (Å²) in [6.07, 6.45) is 1.26. The highest BCUT2D eigenvalue weighted by molar-refractivity contribution is 14.0. The van der Waals surface area contributed by atoms with E-state index in [1.165, 1.54) is 0 Å². The molecule has 1 heterocycles. The number of ether oxygens (including phenoxy) is 3. The molecule has 160 valence electrons. The summed E-state index contributed by atoms with van der Waals surface area (Å²) in [4.78, 5) is 16.2. The second-order valence-corrected chi connectivity index (χ2v) is 8.29. The van der Waals surface area contributed by atoms with Crippen molar-refractivity contribution in [3.05, 3.63) is 0 Å². The molecule has 9 heteroatoms. The molecule has 0 aromatic carbocycles. The molecule has 1 fully saturated rings. The van der Waals surface area contributed by atoms with Gasteiger partial charge in [0.1, 0.15) is 5.60 Å². The summed E-state index contributed by atoms with van der Waals surface area (Å²) in [5, 5.41) is 9.42. The maximum Gasteiger partial charge on any atom is 0.408 e. The van der Waals surface area contributed by atoms with Crippen LogP contribution in [0.1, 0.15) is 47.5 Å².